The lowest BCUT2D eigenvalue weighted by Gasteiger charge is -2.34. The van der Waals surface area contributed by atoms with Gasteiger partial charge in [0.15, 0.2) is 0 Å². The molecule has 3 aliphatic rings. The molecular formula is C24H35Cl2F3N4O. The Labute approximate surface area is 212 Å². The number of alkyl halides is 3. The van der Waals surface area contributed by atoms with Gasteiger partial charge in [-0.1, -0.05) is 18.2 Å². The molecule has 2 heterocycles. The molecule has 1 amide bonds. The van der Waals surface area contributed by atoms with Crippen LogP contribution in [-0.2, 0) is 4.79 Å². The predicted octanol–water partition coefficient (Wildman–Crippen LogP) is 4.42. The largest absolute Gasteiger partial charge is 0.393 e. The smallest absolute Gasteiger partial charge is 0.369 e. The maximum atomic E-state index is 13.0. The molecule has 1 aliphatic carbocycles. The Bertz CT molecular complexity index is 855. The third-order valence-electron chi connectivity index (χ3n) is 6.84. The van der Waals surface area contributed by atoms with Crippen LogP contribution in [0.25, 0.3) is 6.08 Å². The Kier molecular flexibility index (Phi) is 10.1. The number of carbonyl (C=O) groups is 1. The number of allylic oxidation sites excluding steroid dienone is 1. The number of hydrogen-bond donors (Lipinski definition) is 2. The molecule has 3 fully saturated rings. The van der Waals surface area contributed by atoms with Crippen LogP contribution in [-0.4, -0.2) is 62.8 Å². The molecule has 2 N–H and O–H groups in total. The van der Waals surface area contributed by atoms with Crippen LogP contribution in [0.2, 0.25) is 0 Å². The molecule has 0 radical (unpaired) electrons. The number of benzene rings is 1. The highest BCUT2D eigenvalue weighted by molar-refractivity contribution is 5.85. The van der Waals surface area contributed by atoms with Crippen molar-refractivity contribution in [3.8, 4) is 0 Å². The minimum absolute atomic E-state index is 0. The van der Waals surface area contributed by atoms with Gasteiger partial charge >= 0.3 is 6.18 Å². The van der Waals surface area contributed by atoms with Crippen molar-refractivity contribution in [2.24, 2.45) is 11.8 Å². The standard InChI is InChI=1S/C24H33F3N4O.2ClH/c1-16(29-23(32)22-14-19(15-28-22)24(25,26)27)21-8-7-20(31-11-9-30(2)10-12-31)13-18(21)6-5-17-3-4-17;;/h5-8,13,16-17,19,22,28H,3-4,9-12,14-15H2,1-2H3,(H,29,32);2*1H/b6-5+;;/t16-,19+,22-;;/m0../s1. The van der Waals surface area contributed by atoms with Gasteiger partial charge in [-0.05, 0) is 62.4 Å². The normalized spacial score (nSPS) is 24.4. The second-order valence-electron chi connectivity index (χ2n) is 9.47. The van der Waals surface area contributed by atoms with E-state index in [-0.39, 0.29) is 49.7 Å². The molecule has 2 saturated heterocycles. The Morgan fingerprint density at radius 2 is 1.85 bits per heavy atom. The molecule has 1 saturated carbocycles. The van der Waals surface area contributed by atoms with Crippen LogP contribution >= 0.6 is 24.8 Å². The number of carbonyl (C=O) groups excluding carboxylic acids is 1. The van der Waals surface area contributed by atoms with Crippen molar-refractivity contribution in [2.45, 2.75) is 44.4 Å². The van der Waals surface area contributed by atoms with Crippen LogP contribution in [0.5, 0.6) is 0 Å². The monoisotopic (exact) mass is 522 g/mol. The fraction of sp³-hybridized carbons (Fsp3) is 0.625. The van der Waals surface area contributed by atoms with E-state index in [1.807, 2.05) is 13.0 Å². The van der Waals surface area contributed by atoms with Crippen LogP contribution in [0.3, 0.4) is 0 Å². The summed E-state index contributed by atoms with van der Waals surface area (Å²) in [6.45, 7) is 5.69. The van der Waals surface area contributed by atoms with Crippen LogP contribution < -0.4 is 15.5 Å². The van der Waals surface area contributed by atoms with Gasteiger partial charge < -0.3 is 20.4 Å². The second-order valence-corrected chi connectivity index (χ2v) is 9.47. The first-order valence-electron chi connectivity index (χ1n) is 11.6. The molecular weight excluding hydrogens is 488 g/mol. The second kappa shape index (κ2) is 12.0. The minimum atomic E-state index is -4.27. The number of nitrogens with zero attached hydrogens (tertiary/aromatic N) is 2. The zero-order chi connectivity index (χ0) is 22.9. The lowest BCUT2D eigenvalue weighted by atomic mass is 9.98. The average Bonchev–Trinajstić information content (AvgIpc) is 3.43. The van der Waals surface area contributed by atoms with Gasteiger partial charge in [0.25, 0.3) is 0 Å². The fourth-order valence-corrected chi connectivity index (χ4v) is 4.47. The van der Waals surface area contributed by atoms with E-state index in [1.165, 1.54) is 18.5 Å². The van der Waals surface area contributed by atoms with Gasteiger partial charge in [0.2, 0.25) is 5.91 Å². The summed E-state index contributed by atoms with van der Waals surface area (Å²) in [5, 5.41) is 5.67. The molecule has 34 heavy (non-hydrogen) atoms. The lowest BCUT2D eigenvalue weighted by molar-refractivity contribution is -0.169. The quantitative estimate of drug-likeness (QED) is 0.580. The number of amides is 1. The van der Waals surface area contributed by atoms with Crippen molar-refractivity contribution >= 4 is 42.5 Å². The zero-order valence-corrected chi connectivity index (χ0v) is 21.2. The number of halogens is 5. The van der Waals surface area contributed by atoms with Crippen molar-refractivity contribution in [2.75, 3.05) is 44.7 Å². The van der Waals surface area contributed by atoms with Crippen LogP contribution in [0.4, 0.5) is 18.9 Å². The van der Waals surface area contributed by atoms with E-state index in [4.69, 9.17) is 0 Å². The third-order valence-corrected chi connectivity index (χ3v) is 6.84. The summed E-state index contributed by atoms with van der Waals surface area (Å²) < 4.78 is 38.9. The van der Waals surface area contributed by atoms with Crippen molar-refractivity contribution in [1.29, 1.82) is 0 Å². The molecule has 10 heteroatoms. The predicted molar refractivity (Wildman–Crippen MR) is 135 cm³/mol. The first-order valence-corrected chi connectivity index (χ1v) is 11.6. The summed E-state index contributed by atoms with van der Waals surface area (Å²) in [4.78, 5) is 17.4. The number of anilines is 1. The van der Waals surface area contributed by atoms with E-state index in [2.05, 4.69) is 51.8 Å². The number of likely N-dealkylation sites (N-methyl/N-ethyl adjacent to an activating group) is 1. The molecule has 5 nitrogen and oxygen atoms in total. The van der Waals surface area contributed by atoms with E-state index in [1.54, 1.807) is 0 Å². The zero-order valence-electron chi connectivity index (χ0n) is 19.6. The van der Waals surface area contributed by atoms with Gasteiger partial charge in [-0.25, -0.2) is 0 Å². The molecule has 4 rings (SSSR count). The van der Waals surface area contributed by atoms with Gasteiger partial charge in [0.1, 0.15) is 0 Å². The van der Waals surface area contributed by atoms with Crippen molar-refractivity contribution in [1.82, 2.24) is 15.5 Å². The minimum Gasteiger partial charge on any atom is -0.369 e. The van der Waals surface area contributed by atoms with Gasteiger partial charge in [0.05, 0.1) is 18.0 Å². The van der Waals surface area contributed by atoms with Gasteiger partial charge in [-0.2, -0.15) is 13.2 Å². The molecule has 0 bridgehead atoms. The number of rotatable bonds is 6. The molecule has 192 valence electrons. The Balaban J connectivity index is 0.00000204. The third kappa shape index (κ3) is 7.26. The lowest BCUT2D eigenvalue weighted by Crippen LogP contribution is -2.44. The first-order chi connectivity index (χ1) is 15.2. The summed E-state index contributed by atoms with van der Waals surface area (Å²) in [5.74, 6) is -1.21. The van der Waals surface area contributed by atoms with Crippen molar-refractivity contribution in [3.63, 3.8) is 0 Å². The molecule has 3 atom stereocenters. The molecule has 0 aromatic heterocycles. The topological polar surface area (TPSA) is 47.6 Å². The Morgan fingerprint density at radius 3 is 2.44 bits per heavy atom. The molecule has 1 aromatic rings. The van der Waals surface area contributed by atoms with E-state index in [9.17, 15) is 18.0 Å². The highest BCUT2D eigenvalue weighted by atomic mass is 35.5. The highest BCUT2D eigenvalue weighted by Gasteiger charge is 2.45. The Hall–Kier alpha value is -1.48. The molecule has 0 unspecified atom stereocenters. The fourth-order valence-electron chi connectivity index (χ4n) is 4.47. The van der Waals surface area contributed by atoms with E-state index < -0.39 is 18.1 Å². The Morgan fingerprint density at radius 1 is 1.18 bits per heavy atom. The molecule has 0 spiro atoms. The van der Waals surface area contributed by atoms with Gasteiger partial charge in [0, 0.05) is 38.4 Å². The maximum absolute atomic E-state index is 13.0. The van der Waals surface area contributed by atoms with Gasteiger partial charge in [-0.3, -0.25) is 4.79 Å². The van der Waals surface area contributed by atoms with E-state index in [0.29, 0.717) is 5.92 Å². The van der Waals surface area contributed by atoms with Crippen molar-refractivity contribution < 1.29 is 18.0 Å². The first kappa shape index (κ1) is 28.8. The summed E-state index contributed by atoms with van der Waals surface area (Å²) in [6.07, 6.45) is 2.32. The van der Waals surface area contributed by atoms with Crippen LogP contribution in [0.1, 0.15) is 43.4 Å². The van der Waals surface area contributed by atoms with Gasteiger partial charge in [-0.15, -0.1) is 24.8 Å². The number of nitrogens with one attached hydrogen (secondary N) is 2. The molecule has 1 aromatic carbocycles. The summed E-state index contributed by atoms with van der Waals surface area (Å²) >= 11 is 0. The summed E-state index contributed by atoms with van der Waals surface area (Å²) in [5.41, 5.74) is 3.22. The maximum Gasteiger partial charge on any atom is 0.393 e. The number of piperazine rings is 1. The summed E-state index contributed by atoms with van der Waals surface area (Å²) in [7, 11) is 2.13. The summed E-state index contributed by atoms with van der Waals surface area (Å²) in [6, 6.07) is 5.21. The van der Waals surface area contributed by atoms with Crippen LogP contribution in [0.15, 0.2) is 24.3 Å². The average molecular weight is 523 g/mol. The van der Waals surface area contributed by atoms with E-state index in [0.717, 1.165) is 37.3 Å². The SMILES string of the molecule is C[C@H](NC(=O)[C@@H]1C[C@@H](C(F)(F)F)CN1)c1ccc(N2CCN(C)CC2)cc1/C=C/C1CC1.Cl.Cl. The van der Waals surface area contributed by atoms with Crippen molar-refractivity contribution in [3.05, 3.63) is 35.4 Å². The highest BCUT2D eigenvalue weighted by Crippen LogP contribution is 2.34. The molecule has 2 aliphatic heterocycles. The van der Waals surface area contributed by atoms with Crippen LogP contribution in [0, 0.1) is 11.8 Å². The number of hydrogen-bond acceptors (Lipinski definition) is 4. The van der Waals surface area contributed by atoms with E-state index >= 15 is 0 Å².